The van der Waals surface area contributed by atoms with Gasteiger partial charge >= 0.3 is 0 Å². The number of halogens is 5. The number of anilines is 1. The lowest BCUT2D eigenvalue weighted by atomic mass is 10.1. The van der Waals surface area contributed by atoms with E-state index in [1.54, 1.807) is 13.0 Å². The topological polar surface area (TPSA) is 38.3 Å². The van der Waals surface area contributed by atoms with Crippen LogP contribution in [-0.2, 0) is 0 Å². The number of benzene rings is 2. The molecule has 8 heteroatoms. The molecule has 0 heterocycles. The molecule has 0 saturated heterocycles. The number of rotatable bonds is 3. The van der Waals surface area contributed by atoms with E-state index >= 15 is 0 Å². The third-order valence-electron chi connectivity index (χ3n) is 3.17. The summed E-state index contributed by atoms with van der Waals surface area (Å²) < 4.78 is 59.3. The molecule has 122 valence electrons. The van der Waals surface area contributed by atoms with Crippen LogP contribution in [0.2, 0.25) is 5.02 Å². The van der Waals surface area contributed by atoms with Crippen LogP contribution in [0.25, 0.3) is 0 Å². The van der Waals surface area contributed by atoms with Crippen LogP contribution < -0.4 is 10.1 Å². The molecule has 0 unspecified atom stereocenters. The van der Waals surface area contributed by atoms with Crippen LogP contribution in [0.3, 0.4) is 0 Å². The lowest BCUT2D eigenvalue weighted by Gasteiger charge is -2.13. The summed E-state index contributed by atoms with van der Waals surface area (Å²) in [6.45, 7) is 1.56. The van der Waals surface area contributed by atoms with Gasteiger partial charge in [-0.3, -0.25) is 4.79 Å². The minimum atomic E-state index is -1.85. The summed E-state index contributed by atoms with van der Waals surface area (Å²) in [5.74, 6) is -9.88. The number of carbonyl (C=O) groups excluding carboxylic acids is 1. The van der Waals surface area contributed by atoms with Crippen molar-refractivity contribution in [3.8, 4) is 5.75 Å². The molecule has 1 amide bonds. The SMILES string of the molecule is COc1c(F)c(F)c(C(=O)Nc2cccc(Cl)c2C)c(F)c1F. The molecule has 1 N–H and O–H groups in total. The highest BCUT2D eigenvalue weighted by atomic mass is 35.5. The Bertz CT molecular complexity index is 767. The molecule has 2 aromatic carbocycles. The molecule has 0 spiro atoms. The summed E-state index contributed by atoms with van der Waals surface area (Å²) in [7, 11) is 0.843. The first kappa shape index (κ1) is 17.1. The molecule has 2 rings (SSSR count). The Morgan fingerprint density at radius 3 is 2.17 bits per heavy atom. The molecule has 0 aliphatic heterocycles. The monoisotopic (exact) mass is 347 g/mol. The highest BCUT2D eigenvalue weighted by Gasteiger charge is 2.30. The Kier molecular flexibility index (Phi) is 4.79. The normalized spacial score (nSPS) is 10.6. The first-order valence-electron chi connectivity index (χ1n) is 6.26. The van der Waals surface area contributed by atoms with Gasteiger partial charge in [0.25, 0.3) is 5.91 Å². The third kappa shape index (κ3) is 2.96. The van der Waals surface area contributed by atoms with E-state index in [1.807, 2.05) is 0 Å². The van der Waals surface area contributed by atoms with Gasteiger partial charge in [0.2, 0.25) is 11.6 Å². The number of methoxy groups -OCH3 is 1. The van der Waals surface area contributed by atoms with E-state index in [0.717, 1.165) is 7.11 Å². The van der Waals surface area contributed by atoms with Crippen LogP contribution in [0.1, 0.15) is 15.9 Å². The second-order valence-electron chi connectivity index (χ2n) is 4.53. The number of amides is 1. The van der Waals surface area contributed by atoms with E-state index in [0.29, 0.717) is 10.6 Å². The molecular formula is C15H10ClF4NO2. The van der Waals surface area contributed by atoms with Gasteiger partial charge in [-0.1, -0.05) is 17.7 Å². The van der Waals surface area contributed by atoms with Crippen LogP contribution >= 0.6 is 11.6 Å². The van der Waals surface area contributed by atoms with Crippen molar-refractivity contribution >= 4 is 23.2 Å². The fourth-order valence-corrected chi connectivity index (χ4v) is 2.09. The molecule has 0 fully saturated rings. The zero-order chi connectivity index (χ0) is 17.3. The smallest absolute Gasteiger partial charge is 0.261 e. The van der Waals surface area contributed by atoms with Gasteiger partial charge < -0.3 is 10.1 Å². The molecular weight excluding hydrogens is 338 g/mol. The Balaban J connectivity index is 2.50. The van der Waals surface area contributed by atoms with Crippen LogP contribution in [-0.4, -0.2) is 13.0 Å². The molecule has 0 aromatic heterocycles. The predicted octanol–water partition coefficient (Wildman–Crippen LogP) is 4.47. The van der Waals surface area contributed by atoms with Crippen LogP contribution in [0.15, 0.2) is 18.2 Å². The second-order valence-corrected chi connectivity index (χ2v) is 4.94. The van der Waals surface area contributed by atoms with Gasteiger partial charge in [0.05, 0.1) is 7.11 Å². The van der Waals surface area contributed by atoms with Gasteiger partial charge in [-0.25, -0.2) is 8.78 Å². The van der Waals surface area contributed by atoms with Gasteiger partial charge in [-0.05, 0) is 24.6 Å². The predicted molar refractivity (Wildman–Crippen MR) is 77.0 cm³/mol. The number of nitrogens with one attached hydrogen (secondary N) is 1. The maximum absolute atomic E-state index is 13.9. The van der Waals surface area contributed by atoms with Gasteiger partial charge in [-0.15, -0.1) is 0 Å². The lowest BCUT2D eigenvalue weighted by molar-refractivity contribution is 0.101. The van der Waals surface area contributed by atoms with E-state index in [1.165, 1.54) is 12.1 Å². The average Bonchev–Trinajstić information content (AvgIpc) is 2.51. The Hall–Kier alpha value is -2.28. The number of hydrogen-bond acceptors (Lipinski definition) is 2. The first-order valence-corrected chi connectivity index (χ1v) is 6.63. The van der Waals surface area contributed by atoms with Crippen LogP contribution in [0, 0.1) is 30.2 Å². The summed E-state index contributed by atoms with van der Waals surface area (Å²) in [5, 5.41) is 2.47. The Morgan fingerprint density at radius 1 is 1.09 bits per heavy atom. The largest absolute Gasteiger partial charge is 0.491 e. The molecule has 0 saturated carbocycles. The quantitative estimate of drug-likeness (QED) is 0.657. The van der Waals surface area contributed by atoms with Crippen LogP contribution in [0.5, 0.6) is 5.75 Å². The molecule has 0 bridgehead atoms. The summed E-state index contributed by atoms with van der Waals surface area (Å²) in [6.07, 6.45) is 0. The van der Waals surface area contributed by atoms with Crippen molar-refractivity contribution in [1.82, 2.24) is 0 Å². The van der Waals surface area contributed by atoms with E-state index in [2.05, 4.69) is 10.1 Å². The fraction of sp³-hybridized carbons (Fsp3) is 0.133. The van der Waals surface area contributed by atoms with Gasteiger partial charge in [0.1, 0.15) is 5.56 Å². The van der Waals surface area contributed by atoms with Crippen molar-refractivity contribution in [2.24, 2.45) is 0 Å². The summed E-state index contributed by atoms with van der Waals surface area (Å²) in [5.41, 5.74) is -0.809. The van der Waals surface area contributed by atoms with Crippen molar-refractivity contribution in [2.45, 2.75) is 6.92 Å². The summed E-state index contributed by atoms with van der Waals surface area (Å²) >= 11 is 5.86. The maximum atomic E-state index is 13.9. The number of hydrogen-bond donors (Lipinski definition) is 1. The molecule has 23 heavy (non-hydrogen) atoms. The first-order chi connectivity index (χ1) is 10.8. The van der Waals surface area contributed by atoms with Crippen LogP contribution in [0.4, 0.5) is 23.2 Å². The minimum Gasteiger partial charge on any atom is -0.491 e. The average molecular weight is 348 g/mol. The highest BCUT2D eigenvalue weighted by molar-refractivity contribution is 6.31. The molecule has 0 aliphatic rings. The van der Waals surface area contributed by atoms with E-state index in [-0.39, 0.29) is 5.69 Å². The van der Waals surface area contributed by atoms with E-state index in [9.17, 15) is 22.4 Å². The Morgan fingerprint density at radius 2 is 1.65 bits per heavy atom. The van der Waals surface area contributed by atoms with Crippen molar-refractivity contribution in [2.75, 3.05) is 12.4 Å². The van der Waals surface area contributed by atoms with Gasteiger partial charge in [-0.2, -0.15) is 8.78 Å². The van der Waals surface area contributed by atoms with E-state index in [4.69, 9.17) is 11.6 Å². The summed E-state index contributed by atoms with van der Waals surface area (Å²) in [4.78, 5) is 12.0. The zero-order valence-electron chi connectivity index (χ0n) is 11.9. The van der Waals surface area contributed by atoms with Crippen molar-refractivity contribution < 1.29 is 27.1 Å². The molecule has 2 aromatic rings. The van der Waals surface area contributed by atoms with Gasteiger partial charge in [0, 0.05) is 10.7 Å². The molecule has 0 radical (unpaired) electrons. The van der Waals surface area contributed by atoms with Crippen molar-refractivity contribution in [3.63, 3.8) is 0 Å². The fourth-order valence-electron chi connectivity index (χ4n) is 1.92. The van der Waals surface area contributed by atoms with Crippen molar-refractivity contribution in [3.05, 3.63) is 57.6 Å². The minimum absolute atomic E-state index is 0.151. The third-order valence-corrected chi connectivity index (χ3v) is 3.58. The molecule has 3 nitrogen and oxygen atoms in total. The summed E-state index contributed by atoms with van der Waals surface area (Å²) in [6, 6.07) is 4.46. The lowest BCUT2D eigenvalue weighted by Crippen LogP contribution is -2.19. The second kappa shape index (κ2) is 6.45. The maximum Gasteiger partial charge on any atom is 0.261 e. The molecule has 0 atom stereocenters. The number of carbonyl (C=O) groups is 1. The highest BCUT2D eigenvalue weighted by Crippen LogP contribution is 2.31. The van der Waals surface area contributed by atoms with Crippen molar-refractivity contribution in [1.29, 1.82) is 0 Å². The van der Waals surface area contributed by atoms with E-state index < -0.39 is 40.5 Å². The van der Waals surface area contributed by atoms with Gasteiger partial charge in [0.15, 0.2) is 17.4 Å². The number of ether oxygens (including phenoxy) is 1. The Labute approximate surface area is 133 Å². The standard InChI is InChI=1S/C15H10ClF4NO2/c1-6-7(16)4-3-5-8(6)21-15(22)9-10(17)12(19)14(23-2)13(20)11(9)18/h3-5H,1-2H3,(H,21,22). The zero-order valence-corrected chi connectivity index (χ0v) is 12.7. The molecule has 0 aliphatic carbocycles.